The summed E-state index contributed by atoms with van der Waals surface area (Å²) in [7, 11) is 1.62. The summed E-state index contributed by atoms with van der Waals surface area (Å²) in [6.45, 7) is 6.71. The van der Waals surface area contributed by atoms with Crippen LogP contribution in [0.2, 0.25) is 0 Å². The van der Waals surface area contributed by atoms with E-state index < -0.39 is 0 Å². The van der Waals surface area contributed by atoms with Gasteiger partial charge in [0.1, 0.15) is 11.6 Å². The van der Waals surface area contributed by atoms with Crippen LogP contribution in [0.5, 0.6) is 5.75 Å². The van der Waals surface area contributed by atoms with Gasteiger partial charge >= 0.3 is 6.03 Å². The minimum absolute atomic E-state index is 0.192. The maximum atomic E-state index is 13.3. The highest BCUT2D eigenvalue weighted by Crippen LogP contribution is 2.26. The Morgan fingerprint density at radius 1 is 1.28 bits per heavy atom. The first-order valence-electron chi connectivity index (χ1n) is 8.39. The van der Waals surface area contributed by atoms with Crippen LogP contribution in [0.4, 0.5) is 9.18 Å². The van der Waals surface area contributed by atoms with Gasteiger partial charge in [-0.05, 0) is 44.5 Å². The average Bonchev–Trinajstić information content (AvgIpc) is 2.59. The Hall–Kier alpha value is -2.56. The Morgan fingerprint density at radius 2 is 2.04 bits per heavy atom. The van der Waals surface area contributed by atoms with E-state index in [2.05, 4.69) is 5.32 Å². The van der Waals surface area contributed by atoms with Gasteiger partial charge in [0.15, 0.2) is 0 Å². The SMILES string of the molecule is CCN(Cc1cccc(F)c1)C(=O)NC(C)c1cc(C)ccc1OC. The van der Waals surface area contributed by atoms with Crippen LogP contribution in [-0.4, -0.2) is 24.6 Å². The molecule has 0 fully saturated rings. The molecular weight excluding hydrogens is 319 g/mol. The van der Waals surface area contributed by atoms with Crippen LogP contribution >= 0.6 is 0 Å². The number of nitrogens with zero attached hydrogens (tertiary/aromatic N) is 1. The molecule has 2 amide bonds. The molecule has 1 N–H and O–H groups in total. The Balaban J connectivity index is 2.09. The van der Waals surface area contributed by atoms with Crippen molar-refractivity contribution in [3.8, 4) is 5.75 Å². The van der Waals surface area contributed by atoms with Gasteiger partial charge in [0.25, 0.3) is 0 Å². The molecule has 2 aromatic carbocycles. The number of aryl methyl sites for hydroxylation is 1. The van der Waals surface area contributed by atoms with Crippen molar-refractivity contribution in [2.45, 2.75) is 33.4 Å². The highest BCUT2D eigenvalue weighted by atomic mass is 19.1. The lowest BCUT2D eigenvalue weighted by Gasteiger charge is -2.25. The number of carbonyl (C=O) groups excluding carboxylic acids is 1. The van der Waals surface area contributed by atoms with E-state index in [0.717, 1.165) is 22.4 Å². The molecule has 0 bridgehead atoms. The summed E-state index contributed by atoms with van der Waals surface area (Å²) in [6.07, 6.45) is 0. The molecule has 2 aromatic rings. The first kappa shape index (κ1) is 18.8. The van der Waals surface area contributed by atoms with E-state index in [4.69, 9.17) is 4.74 Å². The third kappa shape index (κ3) is 4.95. The summed E-state index contributed by atoms with van der Waals surface area (Å²) in [5.41, 5.74) is 2.79. The lowest BCUT2D eigenvalue weighted by Crippen LogP contribution is -2.40. The van der Waals surface area contributed by atoms with Crippen molar-refractivity contribution in [2.24, 2.45) is 0 Å². The minimum Gasteiger partial charge on any atom is -0.496 e. The van der Waals surface area contributed by atoms with Crippen molar-refractivity contribution in [1.82, 2.24) is 10.2 Å². The first-order valence-corrected chi connectivity index (χ1v) is 8.39. The maximum Gasteiger partial charge on any atom is 0.318 e. The molecule has 1 unspecified atom stereocenters. The molecule has 0 spiro atoms. The number of carbonyl (C=O) groups is 1. The van der Waals surface area contributed by atoms with Crippen LogP contribution in [0, 0.1) is 12.7 Å². The zero-order valence-corrected chi connectivity index (χ0v) is 15.2. The van der Waals surface area contributed by atoms with Crippen molar-refractivity contribution in [1.29, 1.82) is 0 Å². The number of hydrogen-bond acceptors (Lipinski definition) is 2. The fourth-order valence-electron chi connectivity index (χ4n) is 2.73. The van der Waals surface area contributed by atoms with Gasteiger partial charge in [0.05, 0.1) is 13.2 Å². The standard InChI is InChI=1S/C20H25FN2O2/c1-5-23(13-16-7-6-8-17(21)12-16)20(24)22-15(3)18-11-14(2)9-10-19(18)25-4/h6-12,15H,5,13H2,1-4H3,(H,22,24). The largest absolute Gasteiger partial charge is 0.496 e. The number of nitrogens with one attached hydrogen (secondary N) is 1. The second kappa shape index (κ2) is 8.51. The smallest absolute Gasteiger partial charge is 0.318 e. The van der Waals surface area contributed by atoms with Gasteiger partial charge in [-0.15, -0.1) is 0 Å². The molecule has 0 saturated carbocycles. The summed E-state index contributed by atoms with van der Waals surface area (Å²) in [4.78, 5) is 14.3. The second-order valence-electron chi connectivity index (χ2n) is 6.06. The number of hydrogen-bond donors (Lipinski definition) is 1. The monoisotopic (exact) mass is 344 g/mol. The van der Waals surface area contributed by atoms with E-state index in [9.17, 15) is 9.18 Å². The van der Waals surface area contributed by atoms with Crippen LogP contribution < -0.4 is 10.1 Å². The van der Waals surface area contributed by atoms with Crippen molar-refractivity contribution in [3.05, 3.63) is 65.0 Å². The molecule has 0 aliphatic rings. The molecule has 4 nitrogen and oxygen atoms in total. The van der Waals surface area contributed by atoms with Crippen LogP contribution in [0.25, 0.3) is 0 Å². The molecule has 0 radical (unpaired) electrons. The predicted octanol–water partition coefficient (Wildman–Crippen LogP) is 4.44. The van der Waals surface area contributed by atoms with Crippen LogP contribution in [0.1, 0.15) is 36.6 Å². The van der Waals surface area contributed by atoms with E-state index >= 15 is 0 Å². The Labute approximate surface area is 148 Å². The lowest BCUT2D eigenvalue weighted by atomic mass is 10.0. The minimum atomic E-state index is -0.299. The third-order valence-corrected chi connectivity index (χ3v) is 4.12. The molecule has 0 aliphatic heterocycles. The molecule has 134 valence electrons. The van der Waals surface area contributed by atoms with Gasteiger partial charge < -0.3 is 15.0 Å². The Kier molecular flexibility index (Phi) is 6.39. The van der Waals surface area contributed by atoms with Gasteiger partial charge in [-0.3, -0.25) is 0 Å². The summed E-state index contributed by atoms with van der Waals surface area (Å²) >= 11 is 0. The molecule has 5 heteroatoms. The van der Waals surface area contributed by atoms with Gasteiger partial charge in [0, 0.05) is 18.7 Å². The Bertz CT molecular complexity index is 733. The fourth-order valence-corrected chi connectivity index (χ4v) is 2.73. The molecule has 0 aliphatic carbocycles. The highest BCUT2D eigenvalue weighted by molar-refractivity contribution is 5.74. The Morgan fingerprint density at radius 3 is 2.68 bits per heavy atom. The number of methoxy groups -OCH3 is 1. The number of ether oxygens (including phenoxy) is 1. The van der Waals surface area contributed by atoms with Crippen molar-refractivity contribution >= 4 is 6.03 Å². The number of halogens is 1. The molecule has 1 atom stereocenters. The van der Waals surface area contributed by atoms with Crippen molar-refractivity contribution < 1.29 is 13.9 Å². The van der Waals surface area contributed by atoms with Gasteiger partial charge in [0.2, 0.25) is 0 Å². The predicted molar refractivity (Wildman–Crippen MR) is 97.2 cm³/mol. The summed E-state index contributed by atoms with van der Waals surface area (Å²) in [5.74, 6) is 0.443. The van der Waals surface area contributed by atoms with E-state index in [1.165, 1.54) is 12.1 Å². The van der Waals surface area contributed by atoms with Gasteiger partial charge in [-0.1, -0.05) is 29.8 Å². The quantitative estimate of drug-likeness (QED) is 0.842. The fraction of sp³-hybridized carbons (Fsp3) is 0.350. The normalized spacial score (nSPS) is 11.7. The summed E-state index contributed by atoms with van der Waals surface area (Å²) in [5, 5.41) is 3.00. The van der Waals surface area contributed by atoms with Gasteiger partial charge in [-0.2, -0.15) is 0 Å². The second-order valence-corrected chi connectivity index (χ2v) is 6.06. The van der Waals surface area contributed by atoms with Crippen LogP contribution in [-0.2, 0) is 6.54 Å². The lowest BCUT2D eigenvalue weighted by molar-refractivity contribution is 0.194. The zero-order chi connectivity index (χ0) is 18.4. The maximum absolute atomic E-state index is 13.3. The topological polar surface area (TPSA) is 41.6 Å². The number of rotatable bonds is 6. The first-order chi connectivity index (χ1) is 11.9. The number of amides is 2. The zero-order valence-electron chi connectivity index (χ0n) is 15.2. The van der Waals surface area contributed by atoms with E-state index in [-0.39, 0.29) is 17.9 Å². The van der Waals surface area contributed by atoms with Crippen molar-refractivity contribution in [2.75, 3.05) is 13.7 Å². The molecule has 25 heavy (non-hydrogen) atoms. The van der Waals surface area contributed by atoms with E-state index in [1.54, 1.807) is 18.1 Å². The van der Waals surface area contributed by atoms with Crippen molar-refractivity contribution in [3.63, 3.8) is 0 Å². The molecule has 0 aromatic heterocycles. The third-order valence-electron chi connectivity index (χ3n) is 4.12. The summed E-state index contributed by atoms with van der Waals surface area (Å²) in [6, 6.07) is 11.8. The molecular formula is C20H25FN2O2. The summed E-state index contributed by atoms with van der Waals surface area (Å²) < 4.78 is 18.7. The molecule has 0 heterocycles. The van der Waals surface area contributed by atoms with Crippen LogP contribution in [0.3, 0.4) is 0 Å². The average molecular weight is 344 g/mol. The molecule has 2 rings (SSSR count). The van der Waals surface area contributed by atoms with E-state index in [1.807, 2.05) is 45.0 Å². The highest BCUT2D eigenvalue weighted by Gasteiger charge is 2.18. The van der Waals surface area contributed by atoms with Crippen LogP contribution in [0.15, 0.2) is 42.5 Å². The van der Waals surface area contributed by atoms with E-state index in [0.29, 0.717) is 13.1 Å². The molecule has 0 saturated heterocycles. The number of urea groups is 1. The number of benzene rings is 2. The van der Waals surface area contributed by atoms with Gasteiger partial charge in [-0.25, -0.2) is 9.18 Å².